The van der Waals surface area contributed by atoms with Crippen molar-refractivity contribution in [1.82, 2.24) is 0 Å². The average molecular weight is 398 g/mol. The van der Waals surface area contributed by atoms with Crippen LogP contribution in [0.15, 0.2) is 65.3 Å². The first kappa shape index (κ1) is 19.4. The minimum atomic E-state index is -0.562. The van der Waals surface area contributed by atoms with Gasteiger partial charge in [0.15, 0.2) is 17.2 Å². The number of aliphatic imine (C=N–C) groups is 1. The zero-order chi connectivity index (χ0) is 20.1. The van der Waals surface area contributed by atoms with Gasteiger partial charge in [0.05, 0.1) is 7.11 Å². The van der Waals surface area contributed by atoms with Gasteiger partial charge in [-0.3, -0.25) is 0 Å². The van der Waals surface area contributed by atoms with E-state index in [4.69, 9.17) is 25.8 Å². The molecular formula is C21H16ClNO5. The molecular weight excluding hydrogens is 382 g/mol. The highest BCUT2D eigenvalue weighted by Crippen LogP contribution is 2.30. The summed E-state index contributed by atoms with van der Waals surface area (Å²) in [5.74, 6) is -0.250. The minimum Gasteiger partial charge on any atom is -0.493 e. The fourth-order valence-corrected chi connectivity index (χ4v) is 2.55. The summed E-state index contributed by atoms with van der Waals surface area (Å²) in [5.41, 5.74) is 1.42. The SMILES string of the molecule is C/C=C/C(=O)Oc1ccc(/C=C2\N=C(c3ccc(Cl)cc3)OC2=O)cc1OC. The Morgan fingerprint density at radius 3 is 2.57 bits per heavy atom. The molecule has 0 atom stereocenters. The predicted octanol–water partition coefficient (Wildman–Crippen LogP) is 4.17. The minimum absolute atomic E-state index is 0.144. The Bertz CT molecular complexity index is 1010. The van der Waals surface area contributed by atoms with Crippen LogP contribution < -0.4 is 9.47 Å². The summed E-state index contributed by atoms with van der Waals surface area (Å²) in [5, 5.41) is 0.576. The third kappa shape index (κ3) is 4.47. The van der Waals surface area contributed by atoms with Gasteiger partial charge in [-0.25, -0.2) is 14.6 Å². The lowest BCUT2D eigenvalue weighted by atomic mass is 10.1. The molecule has 0 saturated heterocycles. The third-order valence-corrected chi connectivity index (χ3v) is 3.97. The molecule has 0 N–H and O–H groups in total. The Morgan fingerprint density at radius 1 is 1.14 bits per heavy atom. The maximum atomic E-state index is 12.1. The van der Waals surface area contributed by atoms with E-state index in [1.165, 1.54) is 13.2 Å². The molecule has 0 bridgehead atoms. The number of benzene rings is 2. The molecule has 142 valence electrons. The Hall–Kier alpha value is -3.38. The fourth-order valence-electron chi connectivity index (χ4n) is 2.42. The molecule has 2 aromatic carbocycles. The highest BCUT2D eigenvalue weighted by molar-refractivity contribution is 6.30. The van der Waals surface area contributed by atoms with Crippen LogP contribution in [0.5, 0.6) is 11.5 Å². The van der Waals surface area contributed by atoms with E-state index in [0.29, 0.717) is 21.9 Å². The summed E-state index contributed by atoms with van der Waals surface area (Å²) in [6.45, 7) is 1.72. The van der Waals surface area contributed by atoms with Crippen LogP contribution in [0.2, 0.25) is 5.02 Å². The first-order valence-electron chi connectivity index (χ1n) is 8.31. The molecule has 3 rings (SSSR count). The Kier molecular flexibility index (Phi) is 5.91. The fraction of sp³-hybridized carbons (Fsp3) is 0.0952. The van der Waals surface area contributed by atoms with Crippen molar-refractivity contribution < 1.29 is 23.8 Å². The molecule has 7 heteroatoms. The van der Waals surface area contributed by atoms with Gasteiger partial charge < -0.3 is 14.2 Å². The van der Waals surface area contributed by atoms with E-state index in [9.17, 15) is 9.59 Å². The quantitative estimate of drug-likeness (QED) is 0.430. The van der Waals surface area contributed by atoms with Gasteiger partial charge in [-0.2, -0.15) is 0 Å². The molecule has 0 unspecified atom stereocenters. The van der Waals surface area contributed by atoms with Crippen molar-refractivity contribution in [1.29, 1.82) is 0 Å². The van der Waals surface area contributed by atoms with Gasteiger partial charge in [0, 0.05) is 16.7 Å². The highest BCUT2D eigenvalue weighted by Gasteiger charge is 2.24. The number of methoxy groups -OCH3 is 1. The standard InChI is InChI=1S/C21H16ClNO5/c1-3-4-19(24)27-17-10-5-13(12-18(17)26-2)11-16-21(25)28-20(23-16)14-6-8-15(22)9-7-14/h3-12H,1-2H3/b4-3+,16-11-. The average Bonchev–Trinajstić information content (AvgIpc) is 3.04. The number of allylic oxidation sites excluding steroid dienone is 1. The molecule has 0 radical (unpaired) electrons. The van der Waals surface area contributed by atoms with Crippen molar-refractivity contribution in [3.05, 3.63) is 76.5 Å². The van der Waals surface area contributed by atoms with Gasteiger partial charge in [0.2, 0.25) is 5.90 Å². The van der Waals surface area contributed by atoms with E-state index < -0.39 is 11.9 Å². The predicted molar refractivity (Wildman–Crippen MR) is 106 cm³/mol. The third-order valence-electron chi connectivity index (χ3n) is 3.72. The number of nitrogens with zero attached hydrogens (tertiary/aromatic N) is 1. The lowest BCUT2D eigenvalue weighted by molar-refractivity contribution is -0.130. The maximum Gasteiger partial charge on any atom is 0.363 e. The van der Waals surface area contributed by atoms with E-state index in [1.54, 1.807) is 61.5 Å². The van der Waals surface area contributed by atoms with Crippen LogP contribution in [0.3, 0.4) is 0 Å². The van der Waals surface area contributed by atoms with Gasteiger partial charge in [0.1, 0.15) is 0 Å². The zero-order valence-corrected chi connectivity index (χ0v) is 15.9. The van der Waals surface area contributed by atoms with Gasteiger partial charge in [-0.1, -0.05) is 23.7 Å². The second-order valence-electron chi connectivity index (χ2n) is 5.67. The van der Waals surface area contributed by atoms with Gasteiger partial charge in [-0.15, -0.1) is 0 Å². The first-order valence-corrected chi connectivity index (χ1v) is 8.69. The first-order chi connectivity index (χ1) is 13.5. The van der Waals surface area contributed by atoms with Crippen molar-refractivity contribution in [2.75, 3.05) is 7.11 Å². The van der Waals surface area contributed by atoms with Gasteiger partial charge >= 0.3 is 11.9 Å². The van der Waals surface area contributed by atoms with Crippen molar-refractivity contribution >= 4 is 35.5 Å². The summed E-state index contributed by atoms with van der Waals surface area (Å²) in [6, 6.07) is 11.7. The number of hydrogen-bond donors (Lipinski definition) is 0. The molecule has 0 saturated carbocycles. The lowest BCUT2D eigenvalue weighted by Crippen LogP contribution is -2.05. The number of halogens is 1. The van der Waals surface area contributed by atoms with E-state index in [0.717, 1.165) is 0 Å². The number of esters is 2. The number of cyclic esters (lactones) is 1. The smallest absolute Gasteiger partial charge is 0.363 e. The number of carbonyl (C=O) groups is 2. The Morgan fingerprint density at radius 2 is 1.89 bits per heavy atom. The second kappa shape index (κ2) is 8.54. The topological polar surface area (TPSA) is 74.2 Å². The van der Waals surface area contributed by atoms with Crippen molar-refractivity contribution in [2.45, 2.75) is 6.92 Å². The number of rotatable bonds is 5. The monoisotopic (exact) mass is 397 g/mol. The Labute approximate surface area is 166 Å². The van der Waals surface area contributed by atoms with E-state index in [1.807, 2.05) is 0 Å². The molecule has 1 heterocycles. The Balaban J connectivity index is 1.87. The normalized spacial score (nSPS) is 14.9. The molecule has 1 aliphatic heterocycles. The van der Waals surface area contributed by atoms with Crippen LogP contribution in [0.25, 0.3) is 6.08 Å². The zero-order valence-electron chi connectivity index (χ0n) is 15.1. The van der Waals surface area contributed by atoms with Crippen LogP contribution in [-0.4, -0.2) is 24.9 Å². The van der Waals surface area contributed by atoms with Gasteiger partial charge in [-0.05, 0) is 55.0 Å². The molecule has 0 aromatic heterocycles. The molecule has 0 fully saturated rings. The highest BCUT2D eigenvalue weighted by atomic mass is 35.5. The molecule has 0 aliphatic carbocycles. The number of carbonyl (C=O) groups excluding carboxylic acids is 2. The van der Waals surface area contributed by atoms with E-state index in [2.05, 4.69) is 4.99 Å². The van der Waals surface area contributed by atoms with Crippen LogP contribution in [0, 0.1) is 0 Å². The molecule has 2 aromatic rings. The van der Waals surface area contributed by atoms with E-state index >= 15 is 0 Å². The molecule has 1 aliphatic rings. The van der Waals surface area contributed by atoms with Crippen molar-refractivity contribution in [3.63, 3.8) is 0 Å². The maximum absolute atomic E-state index is 12.1. The lowest BCUT2D eigenvalue weighted by Gasteiger charge is -2.08. The van der Waals surface area contributed by atoms with Crippen molar-refractivity contribution in [2.24, 2.45) is 4.99 Å². The molecule has 0 amide bonds. The number of hydrogen-bond acceptors (Lipinski definition) is 6. The largest absolute Gasteiger partial charge is 0.493 e. The summed E-state index contributed by atoms with van der Waals surface area (Å²) < 4.78 is 15.7. The summed E-state index contributed by atoms with van der Waals surface area (Å²) in [4.78, 5) is 28.0. The van der Waals surface area contributed by atoms with Crippen LogP contribution >= 0.6 is 11.6 Å². The number of ether oxygens (including phenoxy) is 3. The van der Waals surface area contributed by atoms with Crippen LogP contribution in [0.4, 0.5) is 0 Å². The second-order valence-corrected chi connectivity index (χ2v) is 6.11. The summed E-state index contributed by atoms with van der Waals surface area (Å²) >= 11 is 5.87. The summed E-state index contributed by atoms with van der Waals surface area (Å²) in [6.07, 6.45) is 4.44. The van der Waals surface area contributed by atoms with Crippen LogP contribution in [0.1, 0.15) is 18.1 Å². The van der Waals surface area contributed by atoms with Crippen molar-refractivity contribution in [3.8, 4) is 11.5 Å². The molecule has 28 heavy (non-hydrogen) atoms. The van der Waals surface area contributed by atoms with Gasteiger partial charge in [0.25, 0.3) is 0 Å². The van der Waals surface area contributed by atoms with E-state index in [-0.39, 0.29) is 17.3 Å². The molecule has 6 nitrogen and oxygen atoms in total. The van der Waals surface area contributed by atoms with Crippen LogP contribution in [-0.2, 0) is 14.3 Å². The summed E-state index contributed by atoms with van der Waals surface area (Å²) in [7, 11) is 1.46. The molecule has 0 spiro atoms.